The molecule has 1 aromatic carbocycles. The molecule has 8 nitrogen and oxygen atoms in total. The van der Waals surface area contributed by atoms with Gasteiger partial charge in [0.15, 0.2) is 0 Å². The van der Waals surface area contributed by atoms with Gasteiger partial charge in [-0.2, -0.15) is 4.98 Å². The highest BCUT2D eigenvalue weighted by Gasteiger charge is 2.30. The SMILES string of the molecule is O=C(Cn1cnc(-c2noc(C3CC3)n2)c1)N1CCN(c2ccccc2)CC1. The normalized spacial score (nSPS) is 17.1. The first-order valence-corrected chi connectivity index (χ1v) is 9.70. The van der Waals surface area contributed by atoms with Crippen LogP contribution in [0.5, 0.6) is 0 Å². The Bertz CT molecular complexity index is 954. The molecule has 8 heteroatoms. The van der Waals surface area contributed by atoms with E-state index in [1.807, 2.05) is 23.1 Å². The summed E-state index contributed by atoms with van der Waals surface area (Å²) in [6, 6.07) is 10.3. The van der Waals surface area contributed by atoms with Gasteiger partial charge in [-0.05, 0) is 25.0 Å². The summed E-state index contributed by atoms with van der Waals surface area (Å²) in [6.45, 7) is 3.41. The van der Waals surface area contributed by atoms with Gasteiger partial charge in [0.2, 0.25) is 17.6 Å². The summed E-state index contributed by atoms with van der Waals surface area (Å²) in [4.78, 5) is 25.6. The Kier molecular flexibility index (Phi) is 4.31. The van der Waals surface area contributed by atoms with Crippen LogP contribution in [0.2, 0.25) is 0 Å². The van der Waals surface area contributed by atoms with Crippen molar-refractivity contribution < 1.29 is 9.32 Å². The molecule has 2 aromatic heterocycles. The second-order valence-electron chi connectivity index (χ2n) is 7.37. The lowest BCUT2D eigenvalue weighted by molar-refractivity contribution is -0.132. The minimum Gasteiger partial charge on any atom is -0.368 e. The van der Waals surface area contributed by atoms with Gasteiger partial charge < -0.3 is 18.9 Å². The lowest BCUT2D eigenvalue weighted by Crippen LogP contribution is -2.49. The molecule has 5 rings (SSSR count). The van der Waals surface area contributed by atoms with Crippen molar-refractivity contribution in [2.75, 3.05) is 31.1 Å². The Morgan fingerprint density at radius 3 is 2.64 bits per heavy atom. The van der Waals surface area contributed by atoms with Crippen LogP contribution in [0.3, 0.4) is 0 Å². The maximum Gasteiger partial charge on any atom is 0.242 e. The van der Waals surface area contributed by atoms with Crippen molar-refractivity contribution in [1.29, 1.82) is 0 Å². The molecule has 1 amide bonds. The van der Waals surface area contributed by atoms with Gasteiger partial charge in [-0.15, -0.1) is 0 Å². The first-order chi connectivity index (χ1) is 13.8. The zero-order chi connectivity index (χ0) is 18.9. The number of nitrogens with zero attached hydrogens (tertiary/aromatic N) is 6. The maximum atomic E-state index is 12.7. The lowest BCUT2D eigenvalue weighted by Gasteiger charge is -2.36. The molecule has 28 heavy (non-hydrogen) atoms. The molecule has 0 spiro atoms. The zero-order valence-corrected chi connectivity index (χ0v) is 15.6. The van der Waals surface area contributed by atoms with E-state index < -0.39 is 0 Å². The Balaban J connectivity index is 1.18. The number of benzene rings is 1. The van der Waals surface area contributed by atoms with Crippen LogP contribution >= 0.6 is 0 Å². The number of hydrogen-bond donors (Lipinski definition) is 0. The Morgan fingerprint density at radius 1 is 1.11 bits per heavy atom. The molecular weight excluding hydrogens is 356 g/mol. The third-order valence-electron chi connectivity index (χ3n) is 5.30. The molecule has 144 valence electrons. The van der Waals surface area contributed by atoms with Crippen molar-refractivity contribution in [2.24, 2.45) is 0 Å². The van der Waals surface area contributed by atoms with Crippen LogP contribution in [0.1, 0.15) is 24.7 Å². The Morgan fingerprint density at radius 2 is 1.89 bits per heavy atom. The lowest BCUT2D eigenvalue weighted by atomic mass is 10.2. The average molecular weight is 378 g/mol. The van der Waals surface area contributed by atoms with Crippen molar-refractivity contribution in [1.82, 2.24) is 24.6 Å². The molecule has 1 saturated heterocycles. The largest absolute Gasteiger partial charge is 0.368 e. The van der Waals surface area contributed by atoms with Crippen LogP contribution in [-0.4, -0.2) is 56.7 Å². The van der Waals surface area contributed by atoms with Crippen LogP contribution in [0, 0.1) is 0 Å². The van der Waals surface area contributed by atoms with E-state index in [9.17, 15) is 4.79 Å². The average Bonchev–Trinajstić information content (AvgIpc) is 3.29. The van der Waals surface area contributed by atoms with Gasteiger partial charge in [-0.1, -0.05) is 23.4 Å². The molecule has 3 heterocycles. The van der Waals surface area contributed by atoms with Gasteiger partial charge in [0.1, 0.15) is 12.2 Å². The molecule has 0 N–H and O–H groups in total. The molecule has 1 aliphatic carbocycles. The molecule has 2 aliphatic rings. The summed E-state index contributed by atoms with van der Waals surface area (Å²) in [5, 5.41) is 4.00. The van der Waals surface area contributed by atoms with E-state index in [0.717, 1.165) is 39.0 Å². The van der Waals surface area contributed by atoms with Gasteiger partial charge in [0, 0.05) is 44.0 Å². The first kappa shape index (κ1) is 17.0. The fourth-order valence-electron chi connectivity index (χ4n) is 3.51. The van der Waals surface area contributed by atoms with Crippen molar-refractivity contribution >= 4 is 11.6 Å². The summed E-state index contributed by atoms with van der Waals surface area (Å²) >= 11 is 0. The quantitative estimate of drug-likeness (QED) is 0.677. The van der Waals surface area contributed by atoms with Crippen LogP contribution in [0.4, 0.5) is 5.69 Å². The summed E-state index contributed by atoms with van der Waals surface area (Å²) in [6.07, 6.45) is 5.69. The molecule has 0 radical (unpaired) electrons. The van der Waals surface area contributed by atoms with Crippen molar-refractivity contribution in [2.45, 2.75) is 25.3 Å². The Hall–Kier alpha value is -3.16. The van der Waals surface area contributed by atoms with Gasteiger partial charge in [0.25, 0.3) is 0 Å². The smallest absolute Gasteiger partial charge is 0.242 e. The molecule has 1 aliphatic heterocycles. The fourth-order valence-corrected chi connectivity index (χ4v) is 3.51. The number of hydrogen-bond acceptors (Lipinski definition) is 6. The van der Waals surface area contributed by atoms with Crippen LogP contribution in [0.15, 0.2) is 47.4 Å². The number of para-hydroxylation sites is 1. The molecule has 0 bridgehead atoms. The van der Waals surface area contributed by atoms with E-state index in [4.69, 9.17) is 4.52 Å². The molecule has 1 saturated carbocycles. The van der Waals surface area contributed by atoms with E-state index in [2.05, 4.69) is 32.2 Å². The predicted molar refractivity (Wildman–Crippen MR) is 103 cm³/mol. The van der Waals surface area contributed by atoms with Crippen molar-refractivity contribution in [3.05, 3.63) is 48.7 Å². The van der Waals surface area contributed by atoms with E-state index in [1.165, 1.54) is 5.69 Å². The third kappa shape index (κ3) is 3.49. The second kappa shape index (κ2) is 7.10. The van der Waals surface area contributed by atoms with E-state index >= 15 is 0 Å². The topological polar surface area (TPSA) is 80.3 Å². The predicted octanol–water partition coefficient (Wildman–Crippen LogP) is 2.16. The van der Waals surface area contributed by atoms with E-state index in [1.54, 1.807) is 17.1 Å². The van der Waals surface area contributed by atoms with Crippen molar-refractivity contribution in [3.8, 4) is 11.5 Å². The summed E-state index contributed by atoms with van der Waals surface area (Å²) in [5.41, 5.74) is 1.84. The minimum absolute atomic E-state index is 0.100. The molecule has 2 fully saturated rings. The minimum atomic E-state index is 0.100. The highest BCUT2D eigenvalue weighted by atomic mass is 16.5. The summed E-state index contributed by atoms with van der Waals surface area (Å²) in [5.74, 6) is 1.70. The second-order valence-corrected chi connectivity index (χ2v) is 7.37. The number of carbonyl (C=O) groups excluding carboxylic acids is 1. The molecule has 0 unspecified atom stereocenters. The van der Waals surface area contributed by atoms with Crippen LogP contribution < -0.4 is 4.90 Å². The summed E-state index contributed by atoms with van der Waals surface area (Å²) in [7, 11) is 0. The highest BCUT2D eigenvalue weighted by Crippen LogP contribution is 2.39. The van der Waals surface area contributed by atoms with E-state index in [0.29, 0.717) is 23.3 Å². The molecular formula is C20H22N6O2. The molecule has 3 aromatic rings. The van der Waals surface area contributed by atoms with Gasteiger partial charge in [0.05, 0.1) is 6.33 Å². The van der Waals surface area contributed by atoms with E-state index in [-0.39, 0.29) is 12.5 Å². The number of carbonyl (C=O) groups is 1. The standard InChI is InChI=1S/C20H22N6O2/c27-18(26-10-8-25(9-11-26)16-4-2-1-3-5-16)13-24-12-17(21-14-24)19-22-20(28-23-19)15-6-7-15/h1-5,12,14-15H,6-11,13H2. The number of anilines is 1. The number of imidazole rings is 1. The maximum absolute atomic E-state index is 12.7. The van der Waals surface area contributed by atoms with Crippen molar-refractivity contribution in [3.63, 3.8) is 0 Å². The van der Waals surface area contributed by atoms with Crippen LogP contribution in [-0.2, 0) is 11.3 Å². The number of amides is 1. The van der Waals surface area contributed by atoms with Crippen LogP contribution in [0.25, 0.3) is 11.5 Å². The monoisotopic (exact) mass is 378 g/mol. The van der Waals surface area contributed by atoms with Gasteiger partial charge in [-0.25, -0.2) is 4.98 Å². The highest BCUT2D eigenvalue weighted by molar-refractivity contribution is 5.76. The zero-order valence-electron chi connectivity index (χ0n) is 15.6. The Labute approximate surface area is 162 Å². The fraction of sp³-hybridized carbons (Fsp3) is 0.400. The number of rotatable bonds is 5. The number of piperazine rings is 1. The van der Waals surface area contributed by atoms with Gasteiger partial charge >= 0.3 is 0 Å². The van der Waals surface area contributed by atoms with Gasteiger partial charge in [-0.3, -0.25) is 4.79 Å². The third-order valence-corrected chi connectivity index (χ3v) is 5.30. The molecule has 0 atom stereocenters. The number of aromatic nitrogens is 4. The first-order valence-electron chi connectivity index (χ1n) is 9.70. The summed E-state index contributed by atoms with van der Waals surface area (Å²) < 4.78 is 7.07.